The van der Waals surface area contributed by atoms with Crippen molar-refractivity contribution in [1.82, 2.24) is 9.88 Å². The molecule has 3 aromatic rings. The number of rotatable bonds is 3. The molecule has 0 atom stereocenters. The summed E-state index contributed by atoms with van der Waals surface area (Å²) < 4.78 is 0. The molecule has 0 unspecified atom stereocenters. The third kappa shape index (κ3) is 3.14. The van der Waals surface area contributed by atoms with Gasteiger partial charge in [0, 0.05) is 35.8 Å². The van der Waals surface area contributed by atoms with E-state index in [4.69, 9.17) is 0 Å². The third-order valence-corrected chi connectivity index (χ3v) is 5.25. The lowest BCUT2D eigenvalue weighted by Gasteiger charge is -2.24. The van der Waals surface area contributed by atoms with Crippen LogP contribution in [-0.4, -0.2) is 28.9 Å². The standard InChI is InChI=1S/C22H22N2O/c1-24(20-7-3-4-8-20)22(25)17-12-10-16(11-13-17)19-14-18-6-2-5-9-21(18)23-15-19/h2,5-6,9-15,20H,3-4,7-8H2,1H3. The first kappa shape index (κ1) is 15.8. The number of pyridine rings is 1. The van der Waals surface area contributed by atoms with Gasteiger partial charge < -0.3 is 4.90 Å². The smallest absolute Gasteiger partial charge is 0.253 e. The number of nitrogens with zero attached hydrogens (tertiary/aromatic N) is 2. The predicted octanol–water partition coefficient (Wildman–Crippen LogP) is 4.92. The molecule has 1 amide bonds. The van der Waals surface area contributed by atoms with Crippen LogP contribution in [0, 0.1) is 0 Å². The van der Waals surface area contributed by atoms with E-state index in [0.717, 1.165) is 40.4 Å². The van der Waals surface area contributed by atoms with Crippen molar-refractivity contribution < 1.29 is 4.79 Å². The zero-order valence-corrected chi connectivity index (χ0v) is 14.5. The summed E-state index contributed by atoms with van der Waals surface area (Å²) in [7, 11) is 1.93. The molecule has 126 valence electrons. The highest BCUT2D eigenvalue weighted by Crippen LogP contribution is 2.26. The summed E-state index contributed by atoms with van der Waals surface area (Å²) in [6, 6.07) is 18.5. The van der Waals surface area contributed by atoms with E-state index < -0.39 is 0 Å². The maximum absolute atomic E-state index is 12.7. The van der Waals surface area contributed by atoms with E-state index >= 15 is 0 Å². The van der Waals surface area contributed by atoms with Crippen molar-refractivity contribution in [2.24, 2.45) is 0 Å². The summed E-state index contributed by atoms with van der Waals surface area (Å²) in [4.78, 5) is 19.1. The number of amides is 1. The zero-order chi connectivity index (χ0) is 17.2. The number of aromatic nitrogens is 1. The molecule has 1 aromatic heterocycles. The SMILES string of the molecule is CN(C(=O)c1ccc(-c2cnc3ccccc3c2)cc1)C1CCCC1. The van der Waals surface area contributed by atoms with E-state index in [1.165, 1.54) is 12.8 Å². The van der Waals surface area contributed by atoms with E-state index in [1.54, 1.807) is 0 Å². The number of carbonyl (C=O) groups excluding carboxylic acids is 1. The van der Waals surface area contributed by atoms with Crippen molar-refractivity contribution in [3.63, 3.8) is 0 Å². The van der Waals surface area contributed by atoms with Crippen LogP contribution in [-0.2, 0) is 0 Å². The Bertz CT molecular complexity index is 895. The number of hydrogen-bond acceptors (Lipinski definition) is 2. The van der Waals surface area contributed by atoms with Gasteiger partial charge in [-0.05, 0) is 42.7 Å². The van der Waals surface area contributed by atoms with Crippen molar-refractivity contribution in [1.29, 1.82) is 0 Å². The molecule has 25 heavy (non-hydrogen) atoms. The lowest BCUT2D eigenvalue weighted by molar-refractivity contribution is 0.0735. The normalized spacial score (nSPS) is 14.8. The average Bonchev–Trinajstić information content (AvgIpc) is 3.21. The number of hydrogen-bond donors (Lipinski definition) is 0. The van der Waals surface area contributed by atoms with Crippen LogP contribution in [0.2, 0.25) is 0 Å². The number of carbonyl (C=O) groups is 1. The Morgan fingerprint density at radius 1 is 1.00 bits per heavy atom. The van der Waals surface area contributed by atoms with Gasteiger partial charge in [-0.15, -0.1) is 0 Å². The summed E-state index contributed by atoms with van der Waals surface area (Å²) >= 11 is 0. The van der Waals surface area contributed by atoms with Crippen LogP contribution in [0.15, 0.2) is 60.8 Å². The van der Waals surface area contributed by atoms with E-state index in [1.807, 2.05) is 60.6 Å². The highest BCUT2D eigenvalue weighted by molar-refractivity contribution is 5.95. The van der Waals surface area contributed by atoms with Gasteiger partial charge in [0.15, 0.2) is 0 Å². The van der Waals surface area contributed by atoms with Crippen LogP contribution in [0.1, 0.15) is 36.0 Å². The first-order chi connectivity index (χ1) is 12.2. The molecule has 1 aliphatic carbocycles. The Hall–Kier alpha value is -2.68. The number of benzene rings is 2. The molecule has 1 fully saturated rings. The van der Waals surface area contributed by atoms with Crippen LogP contribution in [0.4, 0.5) is 0 Å². The van der Waals surface area contributed by atoms with E-state index in [0.29, 0.717) is 6.04 Å². The molecule has 0 aliphatic heterocycles. The van der Waals surface area contributed by atoms with E-state index in [2.05, 4.69) is 17.1 Å². The monoisotopic (exact) mass is 330 g/mol. The largest absolute Gasteiger partial charge is 0.339 e. The van der Waals surface area contributed by atoms with Crippen LogP contribution >= 0.6 is 0 Å². The van der Waals surface area contributed by atoms with Crippen molar-refractivity contribution in [2.75, 3.05) is 7.05 Å². The fourth-order valence-corrected chi connectivity index (χ4v) is 3.70. The minimum atomic E-state index is 0.120. The first-order valence-corrected chi connectivity index (χ1v) is 8.95. The fraction of sp³-hybridized carbons (Fsp3) is 0.273. The Balaban J connectivity index is 1.57. The van der Waals surface area contributed by atoms with Gasteiger partial charge in [0.05, 0.1) is 5.52 Å². The lowest BCUT2D eigenvalue weighted by Crippen LogP contribution is -2.35. The molecule has 0 spiro atoms. The quantitative estimate of drug-likeness (QED) is 0.683. The second-order valence-corrected chi connectivity index (χ2v) is 6.85. The number of para-hydroxylation sites is 1. The summed E-state index contributed by atoms with van der Waals surface area (Å²) in [6.07, 6.45) is 6.61. The molecular formula is C22H22N2O. The van der Waals surface area contributed by atoms with Gasteiger partial charge in [-0.2, -0.15) is 0 Å². The van der Waals surface area contributed by atoms with Gasteiger partial charge in [-0.1, -0.05) is 43.2 Å². The summed E-state index contributed by atoms with van der Waals surface area (Å²) in [6.45, 7) is 0. The Kier molecular flexibility index (Phi) is 4.22. The maximum Gasteiger partial charge on any atom is 0.253 e. The molecule has 1 heterocycles. The second-order valence-electron chi connectivity index (χ2n) is 6.85. The first-order valence-electron chi connectivity index (χ1n) is 8.95. The lowest BCUT2D eigenvalue weighted by atomic mass is 10.0. The van der Waals surface area contributed by atoms with E-state index in [-0.39, 0.29) is 5.91 Å². The van der Waals surface area contributed by atoms with Crippen LogP contribution in [0.5, 0.6) is 0 Å². The Labute approximate surface area is 148 Å². The van der Waals surface area contributed by atoms with Crippen molar-refractivity contribution in [2.45, 2.75) is 31.7 Å². The third-order valence-electron chi connectivity index (χ3n) is 5.25. The molecule has 2 aromatic carbocycles. The predicted molar refractivity (Wildman–Crippen MR) is 102 cm³/mol. The van der Waals surface area contributed by atoms with Crippen LogP contribution in [0.3, 0.4) is 0 Å². The maximum atomic E-state index is 12.7. The summed E-state index contributed by atoms with van der Waals surface area (Å²) in [5.41, 5.74) is 3.91. The van der Waals surface area contributed by atoms with E-state index in [9.17, 15) is 4.79 Å². The Morgan fingerprint density at radius 3 is 2.48 bits per heavy atom. The second kappa shape index (κ2) is 6.67. The highest BCUT2D eigenvalue weighted by Gasteiger charge is 2.24. The Morgan fingerprint density at radius 2 is 1.72 bits per heavy atom. The molecule has 0 N–H and O–H groups in total. The minimum Gasteiger partial charge on any atom is -0.339 e. The molecular weight excluding hydrogens is 308 g/mol. The van der Waals surface area contributed by atoms with Gasteiger partial charge in [-0.3, -0.25) is 9.78 Å². The molecule has 3 heteroatoms. The molecule has 4 rings (SSSR count). The summed E-state index contributed by atoms with van der Waals surface area (Å²) in [5, 5.41) is 1.13. The van der Waals surface area contributed by atoms with Gasteiger partial charge in [0.25, 0.3) is 5.91 Å². The minimum absolute atomic E-state index is 0.120. The van der Waals surface area contributed by atoms with Crippen LogP contribution < -0.4 is 0 Å². The zero-order valence-electron chi connectivity index (χ0n) is 14.5. The average molecular weight is 330 g/mol. The molecule has 1 saturated carbocycles. The topological polar surface area (TPSA) is 33.2 Å². The molecule has 0 radical (unpaired) electrons. The van der Waals surface area contributed by atoms with Gasteiger partial charge in [0.1, 0.15) is 0 Å². The van der Waals surface area contributed by atoms with Crippen molar-refractivity contribution >= 4 is 16.8 Å². The molecule has 1 aliphatic rings. The van der Waals surface area contributed by atoms with Gasteiger partial charge in [-0.25, -0.2) is 0 Å². The molecule has 3 nitrogen and oxygen atoms in total. The molecule has 0 saturated heterocycles. The van der Waals surface area contributed by atoms with Crippen LogP contribution in [0.25, 0.3) is 22.0 Å². The number of fused-ring (bicyclic) bond motifs is 1. The fourth-order valence-electron chi connectivity index (χ4n) is 3.70. The van der Waals surface area contributed by atoms with Gasteiger partial charge >= 0.3 is 0 Å². The van der Waals surface area contributed by atoms with Crippen molar-refractivity contribution in [3.8, 4) is 11.1 Å². The highest BCUT2D eigenvalue weighted by atomic mass is 16.2. The van der Waals surface area contributed by atoms with Crippen molar-refractivity contribution in [3.05, 3.63) is 66.4 Å². The summed E-state index contributed by atoms with van der Waals surface area (Å²) in [5.74, 6) is 0.120. The molecule has 0 bridgehead atoms. The van der Waals surface area contributed by atoms with Gasteiger partial charge in [0.2, 0.25) is 0 Å².